The summed E-state index contributed by atoms with van der Waals surface area (Å²) in [4.78, 5) is 76.3. The van der Waals surface area contributed by atoms with Gasteiger partial charge in [0, 0.05) is 31.4 Å². The molecule has 296 valence electrons. The number of aromatic nitrogens is 1. The lowest BCUT2D eigenvalue weighted by molar-refractivity contribution is -0.140. The molecule has 3 atom stereocenters. The first kappa shape index (κ1) is 43.2. The maximum Gasteiger partial charge on any atom is 0.414 e. The summed E-state index contributed by atoms with van der Waals surface area (Å²) >= 11 is 0. The largest absolute Gasteiger partial charge is 0.444 e. The van der Waals surface area contributed by atoms with Gasteiger partial charge in [-0.05, 0) is 106 Å². The van der Waals surface area contributed by atoms with Crippen molar-refractivity contribution in [3.05, 3.63) is 66.0 Å². The Morgan fingerprint density at radius 1 is 0.796 bits per heavy atom. The van der Waals surface area contributed by atoms with Crippen molar-refractivity contribution in [1.82, 2.24) is 31.2 Å². The fourth-order valence-electron chi connectivity index (χ4n) is 5.54. The van der Waals surface area contributed by atoms with Crippen LogP contribution in [0.5, 0.6) is 0 Å². The number of nitrogens with one attached hydrogen (secondary N) is 4. The van der Waals surface area contributed by atoms with E-state index in [0.717, 1.165) is 11.3 Å². The highest BCUT2D eigenvalue weighted by molar-refractivity contribution is 6.01. The molecule has 1 aromatic carbocycles. The van der Waals surface area contributed by atoms with Crippen LogP contribution in [-0.2, 0) is 30.2 Å². The van der Waals surface area contributed by atoms with E-state index in [2.05, 4.69) is 31.2 Å². The van der Waals surface area contributed by atoms with Crippen LogP contribution in [-0.4, -0.2) is 87.9 Å². The molecular weight excluding hydrogens is 694 g/mol. The summed E-state index contributed by atoms with van der Waals surface area (Å²) in [6, 6.07) is 13.0. The quantitative estimate of drug-likeness (QED) is 0.0987. The lowest BCUT2D eigenvalue weighted by atomic mass is 10.0. The molecule has 0 spiro atoms. The van der Waals surface area contributed by atoms with E-state index in [1.54, 1.807) is 68.5 Å². The summed E-state index contributed by atoms with van der Waals surface area (Å²) in [7, 11) is 0. The van der Waals surface area contributed by atoms with E-state index in [0.29, 0.717) is 25.8 Å². The number of guanidine groups is 1. The van der Waals surface area contributed by atoms with Crippen molar-refractivity contribution in [2.45, 2.75) is 129 Å². The van der Waals surface area contributed by atoms with Crippen molar-refractivity contribution >= 4 is 36.1 Å². The zero-order valence-corrected chi connectivity index (χ0v) is 33.0. The number of likely N-dealkylation sites (tertiary alicyclic amines) is 1. The zero-order valence-electron chi connectivity index (χ0n) is 33.0. The second kappa shape index (κ2) is 19.2. The minimum atomic E-state index is -1.07. The Morgan fingerprint density at radius 2 is 1.37 bits per heavy atom. The van der Waals surface area contributed by atoms with Gasteiger partial charge >= 0.3 is 18.3 Å². The van der Waals surface area contributed by atoms with Crippen molar-refractivity contribution in [1.29, 1.82) is 0 Å². The molecule has 3 rings (SSSR count). The second-order valence-electron chi connectivity index (χ2n) is 16.0. The lowest BCUT2D eigenvalue weighted by Crippen LogP contribution is -2.54. The van der Waals surface area contributed by atoms with Gasteiger partial charge in [-0.15, -0.1) is 0 Å². The molecule has 2 aromatic rings. The van der Waals surface area contributed by atoms with E-state index in [-0.39, 0.29) is 31.3 Å². The van der Waals surface area contributed by atoms with Gasteiger partial charge in [-0.1, -0.05) is 36.4 Å². The molecule has 1 saturated heterocycles. The minimum absolute atomic E-state index is 0.0247. The van der Waals surface area contributed by atoms with E-state index in [4.69, 9.17) is 14.2 Å². The number of carbonyl (C=O) groups is 5. The molecule has 1 aliphatic rings. The maximum absolute atomic E-state index is 14.2. The summed E-state index contributed by atoms with van der Waals surface area (Å²) in [6.45, 7) is 15.6. The Balaban J connectivity index is 1.79. The van der Waals surface area contributed by atoms with Crippen molar-refractivity contribution in [3.63, 3.8) is 0 Å². The van der Waals surface area contributed by atoms with Gasteiger partial charge < -0.3 is 29.7 Å². The van der Waals surface area contributed by atoms with Crippen LogP contribution in [0.15, 0.2) is 59.7 Å². The molecule has 0 saturated carbocycles. The molecule has 5 amide bonds. The number of nitrogens with zero attached hydrogens (tertiary/aromatic N) is 3. The van der Waals surface area contributed by atoms with Gasteiger partial charge in [0.15, 0.2) is 0 Å². The summed E-state index contributed by atoms with van der Waals surface area (Å²) in [5, 5.41) is 10.7. The molecule has 54 heavy (non-hydrogen) atoms. The molecule has 0 bridgehead atoms. The van der Waals surface area contributed by atoms with E-state index in [9.17, 15) is 24.0 Å². The Morgan fingerprint density at radius 3 is 1.93 bits per heavy atom. The third-order valence-electron chi connectivity index (χ3n) is 7.64. The first-order valence-electron chi connectivity index (χ1n) is 18.3. The van der Waals surface area contributed by atoms with Crippen LogP contribution in [0, 0.1) is 0 Å². The van der Waals surface area contributed by atoms with Gasteiger partial charge in [-0.3, -0.25) is 30.2 Å². The molecule has 15 nitrogen and oxygen atoms in total. The SMILES string of the molecule is CC(C)(C)OC(=O)NC(=NCCCC(NC(=O)OC(C)(C)C)C(=O)N1CCCC1C(=O)NC(Cc1ccccn1)c1ccccc1)NC(=O)OC(C)(C)C. The Labute approximate surface area is 318 Å². The highest BCUT2D eigenvalue weighted by Gasteiger charge is 2.39. The van der Waals surface area contributed by atoms with Gasteiger partial charge in [0.1, 0.15) is 28.9 Å². The van der Waals surface area contributed by atoms with Gasteiger partial charge in [-0.2, -0.15) is 0 Å². The minimum Gasteiger partial charge on any atom is -0.444 e. The van der Waals surface area contributed by atoms with E-state index >= 15 is 0 Å². The predicted octanol–water partition coefficient (Wildman–Crippen LogP) is 5.55. The van der Waals surface area contributed by atoms with Gasteiger partial charge in [-0.25, -0.2) is 14.4 Å². The number of ether oxygens (including phenoxy) is 3. The van der Waals surface area contributed by atoms with Crippen molar-refractivity contribution in [3.8, 4) is 0 Å². The van der Waals surface area contributed by atoms with Crippen molar-refractivity contribution < 1.29 is 38.2 Å². The number of rotatable bonds is 11. The second-order valence-corrected chi connectivity index (χ2v) is 16.0. The topological polar surface area (TPSA) is 190 Å². The maximum atomic E-state index is 14.2. The monoisotopic (exact) mass is 751 g/mol. The molecule has 1 fully saturated rings. The fraction of sp³-hybridized carbons (Fsp3) is 0.564. The Kier molecular flexibility index (Phi) is 15.4. The number of alkyl carbamates (subject to hydrolysis) is 3. The third-order valence-corrected chi connectivity index (χ3v) is 7.64. The molecule has 1 aliphatic heterocycles. The lowest BCUT2D eigenvalue weighted by Gasteiger charge is -2.30. The Hall–Kier alpha value is -5.21. The van der Waals surface area contributed by atoms with Crippen LogP contribution in [0.25, 0.3) is 0 Å². The Bertz CT molecular complexity index is 1570. The number of pyridine rings is 1. The van der Waals surface area contributed by atoms with Crippen LogP contribution in [0.3, 0.4) is 0 Å². The highest BCUT2D eigenvalue weighted by Crippen LogP contribution is 2.23. The van der Waals surface area contributed by atoms with E-state index in [1.807, 2.05) is 48.5 Å². The molecule has 2 heterocycles. The summed E-state index contributed by atoms with van der Waals surface area (Å²) < 4.78 is 16.1. The molecule has 15 heteroatoms. The average molecular weight is 752 g/mol. The molecular formula is C39H57N7O8. The number of benzene rings is 1. The van der Waals surface area contributed by atoms with Crippen molar-refractivity contribution in [2.75, 3.05) is 13.1 Å². The normalized spacial score (nSPS) is 15.6. The zero-order chi connectivity index (χ0) is 40.1. The summed E-state index contributed by atoms with van der Waals surface area (Å²) in [5.41, 5.74) is -0.740. The van der Waals surface area contributed by atoms with Gasteiger partial charge in [0.2, 0.25) is 17.8 Å². The van der Waals surface area contributed by atoms with E-state index < -0.39 is 59.1 Å². The van der Waals surface area contributed by atoms with Crippen molar-refractivity contribution in [2.24, 2.45) is 4.99 Å². The average Bonchev–Trinajstić information content (AvgIpc) is 3.54. The third kappa shape index (κ3) is 15.8. The molecule has 1 aromatic heterocycles. The molecule has 0 radical (unpaired) electrons. The van der Waals surface area contributed by atoms with Gasteiger partial charge in [0.05, 0.1) is 6.04 Å². The van der Waals surface area contributed by atoms with Crippen LogP contribution >= 0.6 is 0 Å². The fourth-order valence-corrected chi connectivity index (χ4v) is 5.54. The first-order valence-corrected chi connectivity index (χ1v) is 18.3. The number of amides is 5. The smallest absolute Gasteiger partial charge is 0.414 e. The van der Waals surface area contributed by atoms with Crippen LogP contribution in [0.4, 0.5) is 14.4 Å². The predicted molar refractivity (Wildman–Crippen MR) is 203 cm³/mol. The number of aliphatic imine (C=N–C) groups is 1. The highest BCUT2D eigenvalue weighted by atomic mass is 16.6. The molecule has 4 N–H and O–H groups in total. The van der Waals surface area contributed by atoms with Crippen LogP contribution in [0.1, 0.15) is 105 Å². The number of hydrogen-bond donors (Lipinski definition) is 4. The van der Waals surface area contributed by atoms with E-state index in [1.165, 1.54) is 4.90 Å². The molecule has 0 aliphatic carbocycles. The summed E-state index contributed by atoms with van der Waals surface area (Å²) in [5.74, 6) is -0.962. The van der Waals surface area contributed by atoms with Gasteiger partial charge in [0.25, 0.3) is 0 Å². The number of carbonyl (C=O) groups excluding carboxylic acids is 5. The molecule has 3 unspecified atom stereocenters. The standard InChI is InChI=1S/C39H57N7O8/c1-37(2,3)52-34(49)43-28(20-15-23-41-33(44-35(50)53-38(4,5)6)45-36(51)54-39(7,8)9)32(48)46-24-16-21-30(46)31(47)42-29(26-17-11-10-12-18-26)25-27-19-13-14-22-40-27/h10-14,17-19,22,28-30H,15-16,20-21,23-25H2,1-9H3,(H,42,47)(H,43,49)(H2,41,44,45,50,51). The summed E-state index contributed by atoms with van der Waals surface area (Å²) in [6.07, 6.45) is 1.06. The first-order chi connectivity index (χ1) is 25.2. The van der Waals surface area contributed by atoms with Crippen LogP contribution < -0.4 is 21.3 Å². The van der Waals surface area contributed by atoms with Crippen LogP contribution in [0.2, 0.25) is 0 Å². The number of hydrogen-bond acceptors (Lipinski definition) is 10.